The van der Waals surface area contributed by atoms with E-state index in [2.05, 4.69) is 10.6 Å². The number of likely N-dealkylation sites (tertiary alicyclic amines) is 1. The number of ether oxygens (including phenoxy) is 2. The number of hydrogen-bond donors (Lipinski definition) is 3. The maximum absolute atomic E-state index is 14.1. The van der Waals surface area contributed by atoms with E-state index < -0.39 is 29.1 Å². The number of aliphatic hydroxyl groups is 1. The van der Waals surface area contributed by atoms with E-state index in [-0.39, 0.29) is 30.2 Å². The summed E-state index contributed by atoms with van der Waals surface area (Å²) >= 11 is 0. The predicted octanol–water partition coefficient (Wildman–Crippen LogP) is 2.73. The van der Waals surface area contributed by atoms with Gasteiger partial charge in [0.05, 0.1) is 24.5 Å². The Morgan fingerprint density at radius 3 is 2.49 bits per heavy atom. The molecule has 2 bridgehead atoms. The topological polar surface area (TPSA) is 117 Å². The summed E-state index contributed by atoms with van der Waals surface area (Å²) < 4.78 is 11.9. The average molecular weight is 536 g/mol. The highest BCUT2D eigenvalue weighted by atomic mass is 16.5. The lowest BCUT2D eigenvalue weighted by molar-refractivity contribution is -0.146. The molecule has 1 spiro atoms. The van der Waals surface area contributed by atoms with Crippen molar-refractivity contribution in [1.82, 2.24) is 10.2 Å². The minimum Gasteiger partial charge on any atom is -0.497 e. The first-order valence-electron chi connectivity index (χ1n) is 13.6. The van der Waals surface area contributed by atoms with Crippen LogP contribution in [-0.4, -0.2) is 65.2 Å². The van der Waals surface area contributed by atoms with Gasteiger partial charge in [-0.25, -0.2) is 0 Å². The Morgan fingerprint density at radius 2 is 1.82 bits per heavy atom. The van der Waals surface area contributed by atoms with Crippen molar-refractivity contribution in [1.29, 1.82) is 0 Å². The van der Waals surface area contributed by atoms with Gasteiger partial charge in [-0.05, 0) is 61.9 Å². The highest BCUT2D eigenvalue weighted by molar-refractivity contribution is 6.03. The minimum absolute atomic E-state index is 0.00453. The third-order valence-electron chi connectivity index (χ3n) is 8.82. The molecule has 2 aromatic rings. The summed E-state index contributed by atoms with van der Waals surface area (Å²) in [5.41, 5.74) is -0.456. The number of fused-ring (bicyclic) bond motifs is 1. The lowest BCUT2D eigenvalue weighted by Gasteiger charge is -2.36. The molecule has 2 aromatic carbocycles. The Balaban J connectivity index is 1.46. The normalized spacial score (nSPS) is 30.8. The quantitative estimate of drug-likeness (QED) is 0.403. The number of rotatable bonds is 10. The number of carbonyl (C=O) groups excluding carboxylic acids is 3. The smallest absolute Gasteiger partial charge is 0.250 e. The van der Waals surface area contributed by atoms with Crippen molar-refractivity contribution in [2.75, 3.05) is 25.6 Å². The summed E-state index contributed by atoms with van der Waals surface area (Å²) in [6.45, 7) is 4.57. The number of hydrogen-bond acceptors (Lipinski definition) is 6. The van der Waals surface area contributed by atoms with Crippen LogP contribution in [0.1, 0.15) is 38.7 Å². The third-order valence-corrected chi connectivity index (χ3v) is 8.82. The SMILES string of the molecule is COc1ccc(NC(=O)C2N(CCCCO)C(=O)[C@@H]3[C@@H](C(=O)NCc4ccccc4)[C@]4(C)OC23CC4C)cc1. The standard InChI is InChI=1S/C30H37N3O6/c1-19-17-30-24(23(29(19,2)39-30)26(35)31-18-20-9-5-4-6-10-20)28(37)33(15-7-8-16-34)25(30)27(36)32-21-11-13-22(38-3)14-12-21/h4-6,9-14,19,23-25,34H,7-8,15-18H2,1-3H3,(H,31,35)(H,32,36)/t19?,23-,24-,25?,29+,30?/m0/s1. The monoisotopic (exact) mass is 535 g/mol. The molecule has 5 rings (SSSR count). The van der Waals surface area contributed by atoms with E-state index in [0.717, 1.165) is 5.56 Å². The molecule has 0 radical (unpaired) electrons. The second kappa shape index (κ2) is 10.6. The van der Waals surface area contributed by atoms with Crippen LogP contribution in [0.4, 0.5) is 5.69 Å². The van der Waals surface area contributed by atoms with Crippen LogP contribution in [0.5, 0.6) is 5.75 Å². The Labute approximate surface area is 228 Å². The molecule has 3 aliphatic heterocycles. The minimum atomic E-state index is -1.12. The van der Waals surface area contributed by atoms with Crippen LogP contribution in [0.25, 0.3) is 0 Å². The molecule has 3 aliphatic rings. The average Bonchev–Trinajstić information content (AvgIpc) is 3.45. The van der Waals surface area contributed by atoms with E-state index >= 15 is 0 Å². The second-order valence-corrected chi connectivity index (χ2v) is 11.1. The maximum atomic E-state index is 14.1. The Bertz CT molecular complexity index is 1220. The van der Waals surface area contributed by atoms with Gasteiger partial charge in [0.15, 0.2) is 0 Å². The van der Waals surface area contributed by atoms with E-state index in [1.54, 1.807) is 36.3 Å². The van der Waals surface area contributed by atoms with E-state index in [9.17, 15) is 19.5 Å². The Hall–Kier alpha value is -3.43. The summed E-state index contributed by atoms with van der Waals surface area (Å²) in [5.74, 6) is -1.69. The Kier molecular flexibility index (Phi) is 7.39. The number of unbranched alkanes of at least 4 members (excludes halogenated alkanes) is 1. The van der Waals surface area contributed by atoms with Crippen LogP contribution in [0, 0.1) is 17.8 Å². The highest BCUT2D eigenvalue weighted by Crippen LogP contribution is 2.65. The summed E-state index contributed by atoms with van der Waals surface area (Å²) in [4.78, 5) is 43.3. The van der Waals surface area contributed by atoms with Crippen molar-refractivity contribution in [2.45, 2.75) is 56.9 Å². The number of benzene rings is 2. The zero-order valence-corrected chi connectivity index (χ0v) is 22.7. The first-order chi connectivity index (χ1) is 18.7. The summed E-state index contributed by atoms with van der Waals surface area (Å²) in [6.07, 6.45) is 1.54. The fourth-order valence-electron chi connectivity index (χ4n) is 6.85. The molecule has 0 saturated carbocycles. The summed E-state index contributed by atoms with van der Waals surface area (Å²) in [7, 11) is 1.57. The fourth-order valence-corrected chi connectivity index (χ4v) is 6.85. The molecule has 39 heavy (non-hydrogen) atoms. The van der Waals surface area contributed by atoms with Gasteiger partial charge in [0.2, 0.25) is 17.7 Å². The van der Waals surface area contributed by atoms with E-state index in [0.29, 0.717) is 43.8 Å². The Morgan fingerprint density at radius 1 is 1.10 bits per heavy atom. The molecule has 9 heteroatoms. The van der Waals surface area contributed by atoms with E-state index in [1.807, 2.05) is 44.2 Å². The van der Waals surface area contributed by atoms with Gasteiger partial charge >= 0.3 is 0 Å². The van der Waals surface area contributed by atoms with Gasteiger partial charge in [-0.3, -0.25) is 14.4 Å². The van der Waals surface area contributed by atoms with Gasteiger partial charge in [-0.15, -0.1) is 0 Å². The lowest BCUT2D eigenvalue weighted by atomic mass is 9.62. The number of nitrogens with one attached hydrogen (secondary N) is 2. The molecule has 0 aromatic heterocycles. The van der Waals surface area contributed by atoms with Crippen LogP contribution in [0.2, 0.25) is 0 Å². The largest absolute Gasteiger partial charge is 0.497 e. The first kappa shape index (κ1) is 27.1. The molecule has 9 nitrogen and oxygen atoms in total. The highest BCUT2D eigenvalue weighted by Gasteiger charge is 2.79. The number of carbonyl (C=O) groups is 3. The van der Waals surface area contributed by atoms with Gasteiger partial charge in [0.25, 0.3) is 0 Å². The molecule has 3 unspecified atom stereocenters. The van der Waals surface area contributed by atoms with Crippen LogP contribution < -0.4 is 15.4 Å². The second-order valence-electron chi connectivity index (χ2n) is 11.1. The molecule has 3 amide bonds. The summed E-state index contributed by atoms with van der Waals surface area (Å²) in [5, 5.41) is 15.3. The van der Waals surface area contributed by atoms with E-state index in [4.69, 9.17) is 9.47 Å². The third kappa shape index (κ3) is 4.57. The zero-order valence-electron chi connectivity index (χ0n) is 22.7. The fraction of sp³-hybridized carbons (Fsp3) is 0.500. The number of anilines is 1. The maximum Gasteiger partial charge on any atom is 0.250 e. The molecule has 3 fully saturated rings. The molecule has 3 saturated heterocycles. The lowest BCUT2D eigenvalue weighted by Crippen LogP contribution is -2.54. The van der Waals surface area contributed by atoms with Crippen molar-refractivity contribution in [2.24, 2.45) is 17.8 Å². The molecule has 0 aliphatic carbocycles. The van der Waals surface area contributed by atoms with Crippen molar-refractivity contribution >= 4 is 23.4 Å². The molecular formula is C30H37N3O6. The summed E-state index contributed by atoms with van der Waals surface area (Å²) in [6, 6.07) is 15.7. The predicted molar refractivity (Wildman–Crippen MR) is 145 cm³/mol. The van der Waals surface area contributed by atoms with Crippen molar-refractivity contribution in [3.05, 3.63) is 60.2 Å². The van der Waals surface area contributed by atoms with Gasteiger partial charge < -0.3 is 30.1 Å². The molecule has 3 N–H and O–H groups in total. The van der Waals surface area contributed by atoms with Gasteiger partial charge in [0.1, 0.15) is 17.4 Å². The van der Waals surface area contributed by atoms with Crippen LogP contribution in [-0.2, 0) is 25.7 Å². The van der Waals surface area contributed by atoms with Gasteiger partial charge in [-0.2, -0.15) is 0 Å². The molecular weight excluding hydrogens is 498 g/mol. The molecule has 208 valence electrons. The van der Waals surface area contributed by atoms with Crippen molar-refractivity contribution in [3.8, 4) is 5.75 Å². The van der Waals surface area contributed by atoms with Crippen LogP contribution in [0.15, 0.2) is 54.6 Å². The van der Waals surface area contributed by atoms with Crippen molar-refractivity contribution in [3.63, 3.8) is 0 Å². The number of aliphatic hydroxyl groups excluding tert-OH is 1. The van der Waals surface area contributed by atoms with Crippen LogP contribution >= 0.6 is 0 Å². The zero-order chi connectivity index (χ0) is 27.8. The van der Waals surface area contributed by atoms with E-state index in [1.165, 1.54) is 0 Å². The molecule has 6 atom stereocenters. The number of methoxy groups -OCH3 is 1. The van der Waals surface area contributed by atoms with Crippen LogP contribution in [0.3, 0.4) is 0 Å². The number of amides is 3. The van der Waals surface area contributed by atoms with Crippen molar-refractivity contribution < 1.29 is 29.0 Å². The number of nitrogens with zero attached hydrogens (tertiary/aromatic N) is 1. The van der Waals surface area contributed by atoms with Gasteiger partial charge in [-0.1, -0.05) is 37.3 Å². The first-order valence-corrected chi connectivity index (χ1v) is 13.6. The molecule has 3 heterocycles. The van der Waals surface area contributed by atoms with Gasteiger partial charge in [0, 0.05) is 25.4 Å².